The third-order valence-electron chi connectivity index (χ3n) is 5.35. The number of allylic oxidation sites excluding steroid dienone is 2. The van der Waals surface area contributed by atoms with Crippen molar-refractivity contribution in [2.75, 3.05) is 12.4 Å². The quantitative estimate of drug-likeness (QED) is 0.545. The van der Waals surface area contributed by atoms with E-state index in [9.17, 15) is 14.7 Å². The van der Waals surface area contributed by atoms with Crippen molar-refractivity contribution < 1.29 is 19.4 Å². The Morgan fingerprint density at radius 1 is 1.22 bits per heavy atom. The van der Waals surface area contributed by atoms with E-state index in [0.29, 0.717) is 11.3 Å². The lowest BCUT2D eigenvalue weighted by molar-refractivity contribution is 0.0599. The van der Waals surface area contributed by atoms with Gasteiger partial charge in [0, 0.05) is 10.4 Å². The average molecular weight is 428 g/mol. The van der Waals surface area contributed by atoms with Gasteiger partial charge >= 0.3 is 11.9 Å². The monoisotopic (exact) mass is 427 g/mol. The van der Waals surface area contributed by atoms with E-state index in [1.807, 2.05) is 18.2 Å². The molecule has 1 aliphatic carbocycles. The minimum Gasteiger partial charge on any atom is -0.478 e. The maximum absolute atomic E-state index is 11.8. The van der Waals surface area contributed by atoms with Crippen LogP contribution in [0.4, 0.5) is 5.69 Å². The third kappa shape index (κ3) is 3.04. The molecule has 0 amide bonds. The molecule has 1 aliphatic heterocycles. The number of aromatic carboxylic acids is 1. The highest BCUT2D eigenvalue weighted by Crippen LogP contribution is 2.51. The van der Waals surface area contributed by atoms with Crippen LogP contribution in [0.25, 0.3) is 0 Å². The van der Waals surface area contributed by atoms with Crippen LogP contribution in [0.2, 0.25) is 0 Å². The molecule has 2 aromatic carbocycles. The van der Waals surface area contributed by atoms with Gasteiger partial charge in [-0.25, -0.2) is 9.59 Å². The maximum Gasteiger partial charge on any atom is 0.337 e. The van der Waals surface area contributed by atoms with Crippen molar-refractivity contribution in [1.29, 1.82) is 0 Å². The fourth-order valence-electron chi connectivity index (χ4n) is 4.11. The van der Waals surface area contributed by atoms with Crippen molar-refractivity contribution in [1.82, 2.24) is 0 Å². The summed E-state index contributed by atoms with van der Waals surface area (Å²) in [6.07, 6.45) is 5.23. The number of anilines is 1. The Bertz CT molecular complexity index is 951. The van der Waals surface area contributed by atoms with Crippen LogP contribution in [0, 0.1) is 5.92 Å². The molecular formula is C21H18BrNO4. The van der Waals surface area contributed by atoms with E-state index < -0.39 is 5.97 Å². The van der Waals surface area contributed by atoms with Crippen molar-refractivity contribution in [2.45, 2.75) is 18.4 Å². The van der Waals surface area contributed by atoms with Gasteiger partial charge in [-0.15, -0.1) is 0 Å². The van der Waals surface area contributed by atoms with Gasteiger partial charge in [-0.2, -0.15) is 0 Å². The summed E-state index contributed by atoms with van der Waals surface area (Å²) in [6.45, 7) is 0. The Morgan fingerprint density at radius 3 is 2.63 bits per heavy atom. The maximum atomic E-state index is 11.8. The van der Waals surface area contributed by atoms with Crippen molar-refractivity contribution in [2.24, 2.45) is 5.92 Å². The Labute approximate surface area is 165 Å². The second-order valence-electron chi connectivity index (χ2n) is 6.81. The minimum absolute atomic E-state index is 0.0385. The zero-order valence-corrected chi connectivity index (χ0v) is 16.2. The number of nitrogens with one attached hydrogen (secondary N) is 1. The predicted octanol–water partition coefficient (Wildman–Crippen LogP) is 4.76. The zero-order valence-electron chi connectivity index (χ0n) is 14.6. The van der Waals surface area contributed by atoms with Crippen LogP contribution in [0.1, 0.15) is 50.2 Å². The number of carbonyl (C=O) groups is 2. The summed E-state index contributed by atoms with van der Waals surface area (Å²) in [5.74, 6) is -0.887. The molecular weight excluding hydrogens is 410 g/mol. The number of carbonyl (C=O) groups excluding carboxylic acids is 1. The molecule has 1 heterocycles. The first kappa shape index (κ1) is 17.8. The van der Waals surface area contributed by atoms with E-state index in [1.54, 1.807) is 18.2 Å². The predicted molar refractivity (Wildman–Crippen MR) is 105 cm³/mol. The summed E-state index contributed by atoms with van der Waals surface area (Å²) >= 11 is 3.44. The molecule has 4 rings (SSSR count). The van der Waals surface area contributed by atoms with Crippen LogP contribution in [-0.4, -0.2) is 24.2 Å². The summed E-state index contributed by atoms with van der Waals surface area (Å²) in [5.41, 5.74) is 3.44. The molecule has 0 saturated carbocycles. The molecule has 0 spiro atoms. The summed E-state index contributed by atoms with van der Waals surface area (Å²) in [5, 5.41) is 13.1. The summed E-state index contributed by atoms with van der Waals surface area (Å²) in [7, 11) is 1.36. The van der Waals surface area contributed by atoms with Gasteiger partial charge in [-0.3, -0.25) is 0 Å². The van der Waals surface area contributed by atoms with Crippen LogP contribution in [0.5, 0.6) is 0 Å². The molecule has 0 saturated heterocycles. The third-order valence-corrected chi connectivity index (χ3v) is 5.81. The van der Waals surface area contributed by atoms with E-state index in [4.69, 9.17) is 4.74 Å². The van der Waals surface area contributed by atoms with Gasteiger partial charge in [0.1, 0.15) is 0 Å². The molecule has 27 heavy (non-hydrogen) atoms. The lowest BCUT2D eigenvalue weighted by atomic mass is 9.76. The average Bonchev–Trinajstić information content (AvgIpc) is 3.16. The second-order valence-corrected chi connectivity index (χ2v) is 7.73. The molecule has 6 heteroatoms. The lowest BCUT2D eigenvalue weighted by Gasteiger charge is -2.38. The Hall–Kier alpha value is -2.60. The normalized spacial score (nSPS) is 22.5. The van der Waals surface area contributed by atoms with Crippen LogP contribution in [-0.2, 0) is 4.74 Å². The van der Waals surface area contributed by atoms with Crippen molar-refractivity contribution in [3.63, 3.8) is 0 Å². The highest BCUT2D eigenvalue weighted by atomic mass is 79.9. The van der Waals surface area contributed by atoms with E-state index in [1.165, 1.54) is 7.11 Å². The van der Waals surface area contributed by atoms with Crippen molar-refractivity contribution in [3.05, 3.63) is 75.3 Å². The number of rotatable bonds is 3. The highest BCUT2D eigenvalue weighted by molar-refractivity contribution is 9.10. The van der Waals surface area contributed by atoms with E-state index >= 15 is 0 Å². The Morgan fingerprint density at radius 2 is 1.96 bits per heavy atom. The number of hydrogen-bond acceptors (Lipinski definition) is 4. The van der Waals surface area contributed by atoms with Gasteiger partial charge in [0.15, 0.2) is 0 Å². The number of ether oxygens (including phenoxy) is 1. The number of carboxylic acid groups (broad SMARTS) is 1. The smallest absolute Gasteiger partial charge is 0.337 e. The van der Waals surface area contributed by atoms with E-state index in [-0.39, 0.29) is 29.4 Å². The second kappa shape index (κ2) is 6.85. The fourth-order valence-corrected chi connectivity index (χ4v) is 4.58. The molecule has 2 aliphatic rings. The fraction of sp³-hybridized carbons (Fsp3) is 0.238. The number of hydrogen-bond donors (Lipinski definition) is 2. The highest BCUT2D eigenvalue weighted by Gasteiger charge is 2.39. The van der Waals surface area contributed by atoms with Crippen LogP contribution in [0.3, 0.4) is 0 Å². The van der Waals surface area contributed by atoms with E-state index in [0.717, 1.165) is 22.0 Å². The minimum atomic E-state index is -0.958. The van der Waals surface area contributed by atoms with Crippen LogP contribution >= 0.6 is 15.9 Å². The molecule has 0 aromatic heterocycles. The largest absolute Gasteiger partial charge is 0.478 e. The van der Waals surface area contributed by atoms with Gasteiger partial charge < -0.3 is 15.2 Å². The first-order valence-electron chi connectivity index (χ1n) is 8.68. The number of benzene rings is 2. The number of halogens is 1. The molecule has 2 aromatic rings. The van der Waals surface area contributed by atoms with Crippen LogP contribution < -0.4 is 5.32 Å². The topological polar surface area (TPSA) is 75.6 Å². The van der Waals surface area contributed by atoms with Gasteiger partial charge in [0.05, 0.1) is 30.0 Å². The standard InChI is InChI=1S/C21H18BrNO4/c1-27-21(26)12-7-5-11(6-8-12)18-15-4-2-3-14(15)16-9-13(22)10-17(20(24)25)19(16)23-18/h2-3,5-10,14-15,18,23H,4H2,1H3,(H,24,25)/t14-,15+,18-/m0/s1. The van der Waals surface area contributed by atoms with Gasteiger partial charge in [0.25, 0.3) is 0 Å². The van der Waals surface area contributed by atoms with Gasteiger partial charge in [-0.05, 0) is 47.7 Å². The van der Waals surface area contributed by atoms with Crippen molar-refractivity contribution >= 4 is 33.6 Å². The molecule has 0 unspecified atom stereocenters. The van der Waals surface area contributed by atoms with Crippen LogP contribution in [0.15, 0.2) is 53.0 Å². The van der Waals surface area contributed by atoms with Gasteiger partial charge in [-0.1, -0.05) is 40.2 Å². The molecule has 138 valence electrons. The van der Waals surface area contributed by atoms with Gasteiger partial charge in [0.2, 0.25) is 0 Å². The summed E-state index contributed by atoms with van der Waals surface area (Å²) < 4.78 is 5.52. The number of fused-ring (bicyclic) bond motifs is 3. The first-order valence-corrected chi connectivity index (χ1v) is 9.47. The summed E-state index contributed by atoms with van der Waals surface area (Å²) in [4.78, 5) is 23.5. The molecule has 2 N–H and O–H groups in total. The Balaban J connectivity index is 1.77. The zero-order chi connectivity index (χ0) is 19.1. The number of carboxylic acids is 1. The number of esters is 1. The molecule has 5 nitrogen and oxygen atoms in total. The molecule has 0 radical (unpaired) electrons. The summed E-state index contributed by atoms with van der Waals surface area (Å²) in [6, 6.07) is 10.9. The number of methoxy groups -OCH3 is 1. The molecule has 3 atom stereocenters. The Kier molecular flexibility index (Phi) is 4.52. The molecule has 0 bridgehead atoms. The lowest BCUT2D eigenvalue weighted by Crippen LogP contribution is -2.30. The first-order chi connectivity index (χ1) is 13.0. The van der Waals surface area contributed by atoms with Crippen molar-refractivity contribution in [3.8, 4) is 0 Å². The SMILES string of the molecule is COC(=O)c1ccc([C@@H]2Nc3c(C(=O)O)cc(Br)cc3[C@H]3C=CC[C@H]32)cc1. The van der Waals surface area contributed by atoms with E-state index in [2.05, 4.69) is 33.4 Å². The molecule has 0 fully saturated rings.